The van der Waals surface area contributed by atoms with Crippen LogP contribution in [0.5, 0.6) is 5.75 Å². The fourth-order valence-corrected chi connectivity index (χ4v) is 7.98. The van der Waals surface area contributed by atoms with Crippen LogP contribution in [0.15, 0.2) is 40.1 Å². The number of aromatic nitrogens is 5. The van der Waals surface area contributed by atoms with E-state index in [0.717, 1.165) is 47.1 Å². The lowest BCUT2D eigenvalue weighted by molar-refractivity contribution is -0.0612. The number of fused-ring (bicyclic) bond motifs is 3. The summed E-state index contributed by atoms with van der Waals surface area (Å²) in [6.07, 6.45) is 10.1. The molecule has 4 aromatic rings. The Morgan fingerprint density at radius 3 is 2.20 bits per heavy atom. The Bertz CT molecular complexity index is 1570. The molecule has 3 heterocycles. The largest absolute Gasteiger partial charge is 0.497 e. The van der Waals surface area contributed by atoms with Crippen molar-refractivity contribution in [3.8, 4) is 17.0 Å². The Morgan fingerprint density at radius 1 is 0.971 bits per heavy atom. The third kappa shape index (κ3) is 2.95. The van der Waals surface area contributed by atoms with Crippen molar-refractivity contribution < 1.29 is 4.74 Å². The van der Waals surface area contributed by atoms with Crippen LogP contribution < -0.4 is 16.0 Å². The molecule has 0 N–H and O–H groups in total. The van der Waals surface area contributed by atoms with E-state index in [1.807, 2.05) is 22.7 Å². The molecule has 182 valence electrons. The minimum atomic E-state index is -0.355. The molecule has 4 aliphatic carbocycles. The van der Waals surface area contributed by atoms with Crippen LogP contribution in [0.1, 0.15) is 38.5 Å². The molecular formula is C27H31N5O3. The predicted molar refractivity (Wildman–Crippen MR) is 134 cm³/mol. The first kappa shape index (κ1) is 21.0. The van der Waals surface area contributed by atoms with Gasteiger partial charge in [0.05, 0.1) is 12.8 Å². The summed E-state index contributed by atoms with van der Waals surface area (Å²) in [7, 11) is 4.88. The molecule has 3 aromatic heterocycles. The molecule has 4 aliphatic rings. The van der Waals surface area contributed by atoms with Gasteiger partial charge in [-0.3, -0.25) is 18.3 Å². The number of imidazole rings is 2. The molecule has 4 saturated carbocycles. The van der Waals surface area contributed by atoms with Crippen molar-refractivity contribution in [2.45, 2.75) is 45.1 Å². The molecule has 0 aliphatic heterocycles. The summed E-state index contributed by atoms with van der Waals surface area (Å²) < 4.78 is 12.2. The van der Waals surface area contributed by atoms with E-state index in [2.05, 4.69) is 16.7 Å². The molecule has 0 amide bonds. The normalized spacial score (nSPS) is 27.3. The molecule has 0 spiro atoms. The molecule has 4 bridgehead atoms. The van der Waals surface area contributed by atoms with Gasteiger partial charge < -0.3 is 9.30 Å². The number of rotatable bonds is 4. The number of ether oxygens (including phenoxy) is 1. The van der Waals surface area contributed by atoms with Crippen LogP contribution in [0.4, 0.5) is 0 Å². The van der Waals surface area contributed by atoms with E-state index in [0.29, 0.717) is 11.2 Å². The van der Waals surface area contributed by atoms with Crippen molar-refractivity contribution in [1.29, 1.82) is 0 Å². The summed E-state index contributed by atoms with van der Waals surface area (Å²) in [5.41, 5.74) is 2.61. The molecular weight excluding hydrogens is 442 g/mol. The van der Waals surface area contributed by atoms with Crippen LogP contribution in [0.25, 0.3) is 28.2 Å². The lowest BCUT2D eigenvalue weighted by atomic mass is 9.49. The van der Waals surface area contributed by atoms with Crippen LogP contribution in [0.2, 0.25) is 0 Å². The smallest absolute Gasteiger partial charge is 0.332 e. The zero-order valence-electron chi connectivity index (χ0n) is 20.5. The molecule has 8 rings (SSSR count). The summed E-state index contributed by atoms with van der Waals surface area (Å²) in [5, 5.41) is 0. The van der Waals surface area contributed by atoms with Crippen LogP contribution in [-0.2, 0) is 20.6 Å². The maximum absolute atomic E-state index is 13.2. The van der Waals surface area contributed by atoms with Gasteiger partial charge in [-0.25, -0.2) is 4.79 Å². The van der Waals surface area contributed by atoms with Crippen LogP contribution in [0, 0.1) is 23.2 Å². The third-order valence-corrected chi connectivity index (χ3v) is 9.10. The molecule has 8 nitrogen and oxygen atoms in total. The predicted octanol–water partition coefficient (Wildman–Crippen LogP) is 3.58. The van der Waals surface area contributed by atoms with E-state index < -0.39 is 0 Å². The number of hydrogen-bond acceptors (Lipinski definition) is 4. The Labute approximate surface area is 202 Å². The summed E-state index contributed by atoms with van der Waals surface area (Å²) in [6.45, 7) is 0.895. The van der Waals surface area contributed by atoms with Crippen LogP contribution >= 0.6 is 0 Å². The third-order valence-electron chi connectivity index (χ3n) is 9.10. The number of aryl methyl sites for hydroxylation is 1. The van der Waals surface area contributed by atoms with E-state index in [-0.39, 0.29) is 16.7 Å². The Morgan fingerprint density at radius 2 is 1.60 bits per heavy atom. The Balaban J connectivity index is 1.47. The number of benzene rings is 1. The highest BCUT2D eigenvalue weighted by Crippen LogP contribution is 2.60. The van der Waals surface area contributed by atoms with E-state index >= 15 is 0 Å². The van der Waals surface area contributed by atoms with Gasteiger partial charge in [0.1, 0.15) is 5.75 Å². The first-order chi connectivity index (χ1) is 16.9. The monoisotopic (exact) mass is 473 g/mol. The lowest BCUT2D eigenvalue weighted by Gasteiger charge is -2.57. The van der Waals surface area contributed by atoms with Gasteiger partial charge in [0, 0.05) is 32.4 Å². The number of nitrogens with zero attached hydrogens (tertiary/aromatic N) is 5. The maximum atomic E-state index is 13.2. The van der Waals surface area contributed by atoms with E-state index in [1.165, 1.54) is 54.7 Å². The summed E-state index contributed by atoms with van der Waals surface area (Å²) in [6, 6.07) is 8.08. The average Bonchev–Trinajstić information content (AvgIpc) is 3.37. The molecule has 0 unspecified atom stereocenters. The minimum absolute atomic E-state index is 0.282. The molecule has 4 fully saturated rings. The Kier molecular flexibility index (Phi) is 4.28. The fraction of sp³-hybridized carbons (Fsp3) is 0.519. The van der Waals surface area contributed by atoms with Gasteiger partial charge in [-0.1, -0.05) is 0 Å². The molecule has 8 heteroatoms. The maximum Gasteiger partial charge on any atom is 0.332 e. The first-order valence-corrected chi connectivity index (χ1v) is 12.7. The number of hydrogen-bond donors (Lipinski definition) is 0. The highest BCUT2D eigenvalue weighted by atomic mass is 16.5. The van der Waals surface area contributed by atoms with Crippen LogP contribution in [-0.4, -0.2) is 30.2 Å². The first-order valence-electron chi connectivity index (χ1n) is 12.7. The highest BCUT2D eigenvalue weighted by Gasteiger charge is 2.51. The SMILES string of the molecule is COc1ccc(-c2cn3c4c(=O)n(C)c(=O)n(C)c4nc3n2CC23CC4CC(CC(C4)C2)C3)cc1. The van der Waals surface area contributed by atoms with Crippen molar-refractivity contribution in [3.05, 3.63) is 51.3 Å². The summed E-state index contributed by atoms with van der Waals surface area (Å²) >= 11 is 0. The van der Waals surface area contributed by atoms with E-state index in [1.54, 1.807) is 14.2 Å². The quantitative estimate of drug-likeness (QED) is 0.454. The topological polar surface area (TPSA) is 75.5 Å². The summed E-state index contributed by atoms with van der Waals surface area (Å²) in [4.78, 5) is 30.7. The van der Waals surface area contributed by atoms with Gasteiger partial charge >= 0.3 is 5.69 Å². The minimum Gasteiger partial charge on any atom is -0.497 e. The zero-order valence-corrected chi connectivity index (χ0v) is 20.5. The van der Waals surface area contributed by atoms with Crippen molar-refractivity contribution >= 4 is 16.9 Å². The average molecular weight is 474 g/mol. The van der Waals surface area contributed by atoms with E-state index in [4.69, 9.17) is 9.72 Å². The second kappa shape index (κ2) is 7.12. The molecule has 0 saturated heterocycles. The zero-order chi connectivity index (χ0) is 24.1. The standard InChI is InChI=1S/C27H31N5O3/c1-29-23-22(24(33)30(2)26(29)34)31-14-21(19-4-6-20(35-3)7-5-19)32(25(31)28-23)15-27-11-16-8-17(12-27)10-18(9-16)13-27/h4-7,14,16-18H,8-13,15H2,1-3H3. The van der Waals surface area contributed by atoms with Crippen molar-refractivity contribution in [1.82, 2.24) is 23.1 Å². The summed E-state index contributed by atoms with van der Waals surface area (Å²) in [5.74, 6) is 4.10. The van der Waals surface area contributed by atoms with Gasteiger partial charge in [0.15, 0.2) is 11.2 Å². The van der Waals surface area contributed by atoms with Crippen molar-refractivity contribution in [3.63, 3.8) is 0 Å². The van der Waals surface area contributed by atoms with Gasteiger partial charge in [-0.2, -0.15) is 4.98 Å². The Hall–Kier alpha value is -3.29. The van der Waals surface area contributed by atoms with Gasteiger partial charge in [0.25, 0.3) is 5.56 Å². The van der Waals surface area contributed by atoms with Crippen molar-refractivity contribution in [2.75, 3.05) is 7.11 Å². The molecule has 0 atom stereocenters. The van der Waals surface area contributed by atoms with Crippen molar-refractivity contribution in [2.24, 2.45) is 37.3 Å². The molecule has 1 aromatic carbocycles. The highest BCUT2D eigenvalue weighted by molar-refractivity contribution is 5.78. The fourth-order valence-electron chi connectivity index (χ4n) is 7.98. The van der Waals surface area contributed by atoms with Gasteiger partial charge in [0.2, 0.25) is 5.78 Å². The lowest BCUT2D eigenvalue weighted by Crippen LogP contribution is -2.48. The molecule has 35 heavy (non-hydrogen) atoms. The second-order valence-electron chi connectivity index (χ2n) is 11.4. The van der Waals surface area contributed by atoms with Gasteiger partial charge in [-0.05, 0) is 86.0 Å². The number of methoxy groups -OCH3 is 1. The second-order valence-corrected chi connectivity index (χ2v) is 11.4. The van der Waals surface area contributed by atoms with Gasteiger partial charge in [-0.15, -0.1) is 0 Å². The molecule has 0 radical (unpaired) electrons. The van der Waals surface area contributed by atoms with E-state index in [9.17, 15) is 9.59 Å². The van der Waals surface area contributed by atoms with Crippen LogP contribution in [0.3, 0.4) is 0 Å².